The van der Waals surface area contributed by atoms with Crippen molar-refractivity contribution in [2.75, 3.05) is 11.4 Å². The summed E-state index contributed by atoms with van der Waals surface area (Å²) in [5.41, 5.74) is 2.94. The predicted octanol–water partition coefficient (Wildman–Crippen LogP) is 3.97. The van der Waals surface area contributed by atoms with Gasteiger partial charge in [-0.25, -0.2) is 4.68 Å². The first-order valence-electron chi connectivity index (χ1n) is 12.2. The van der Waals surface area contributed by atoms with Crippen LogP contribution >= 0.6 is 0 Å². The van der Waals surface area contributed by atoms with E-state index in [0.29, 0.717) is 40.3 Å². The molecule has 1 unspecified atom stereocenters. The molecule has 0 saturated heterocycles. The van der Waals surface area contributed by atoms with Crippen molar-refractivity contribution < 1.29 is 14.4 Å². The smallest absolute Gasteiger partial charge is 0.249 e. The Kier molecular flexibility index (Phi) is 8.02. The van der Waals surface area contributed by atoms with E-state index in [2.05, 4.69) is 34.5 Å². The maximum atomic E-state index is 13.9. The maximum absolute atomic E-state index is 13.9. The monoisotopic (exact) mass is 498 g/mol. The number of amides is 2. The van der Waals surface area contributed by atoms with Crippen molar-refractivity contribution in [3.63, 3.8) is 0 Å². The van der Waals surface area contributed by atoms with Crippen molar-refractivity contribution in [2.24, 2.45) is 5.92 Å². The zero-order valence-corrected chi connectivity index (χ0v) is 21.2. The number of nitrogens with one attached hydrogen (secondary N) is 1. The summed E-state index contributed by atoms with van der Waals surface area (Å²) in [5.74, 6) is -0.358. The first-order valence-corrected chi connectivity index (χ1v) is 12.2. The summed E-state index contributed by atoms with van der Waals surface area (Å²) in [7, 11) is 0. The largest absolute Gasteiger partial charge is 0.354 e. The van der Waals surface area contributed by atoms with E-state index in [1.54, 1.807) is 48.8 Å². The van der Waals surface area contributed by atoms with Gasteiger partial charge in [0.25, 0.3) is 0 Å². The van der Waals surface area contributed by atoms with Crippen LogP contribution < -0.4 is 10.2 Å². The average Bonchev–Trinajstić information content (AvgIpc) is 3.30. The lowest BCUT2D eigenvalue weighted by Gasteiger charge is -2.31. The molecule has 1 N–H and O–H groups in total. The van der Waals surface area contributed by atoms with Crippen LogP contribution in [0.4, 0.5) is 5.69 Å². The molecular weight excluding hydrogens is 468 g/mol. The van der Waals surface area contributed by atoms with Gasteiger partial charge in [-0.1, -0.05) is 37.3 Å². The van der Waals surface area contributed by atoms with E-state index in [1.807, 2.05) is 24.3 Å². The topological polar surface area (TPSA) is 110 Å². The summed E-state index contributed by atoms with van der Waals surface area (Å²) in [6, 6.07) is 16.6. The molecule has 190 valence electrons. The third kappa shape index (κ3) is 6.06. The van der Waals surface area contributed by atoms with Gasteiger partial charge in [0.15, 0.2) is 5.78 Å². The lowest BCUT2D eigenvalue weighted by molar-refractivity contribution is -0.127. The van der Waals surface area contributed by atoms with Crippen molar-refractivity contribution in [2.45, 2.75) is 39.8 Å². The molecule has 0 saturated carbocycles. The third-order valence-electron chi connectivity index (χ3n) is 6.05. The van der Waals surface area contributed by atoms with Crippen molar-refractivity contribution in [1.82, 2.24) is 25.3 Å². The Labute approximate surface area is 215 Å². The van der Waals surface area contributed by atoms with Gasteiger partial charge in [-0.3, -0.25) is 24.3 Å². The number of hydrogen-bond donors (Lipinski definition) is 1. The molecule has 2 aromatic heterocycles. The summed E-state index contributed by atoms with van der Waals surface area (Å²) in [6.07, 6.45) is 4.01. The van der Waals surface area contributed by atoms with Gasteiger partial charge in [0, 0.05) is 35.8 Å². The maximum Gasteiger partial charge on any atom is 0.249 e. The van der Waals surface area contributed by atoms with Crippen LogP contribution in [0.25, 0.3) is 11.0 Å². The molecule has 0 aliphatic rings. The molecule has 0 aliphatic heterocycles. The Balaban J connectivity index is 1.76. The quantitative estimate of drug-likeness (QED) is 0.331. The molecule has 2 amide bonds. The fourth-order valence-corrected chi connectivity index (χ4v) is 4.07. The second-order valence-corrected chi connectivity index (χ2v) is 9.27. The van der Waals surface area contributed by atoms with Crippen LogP contribution in [0, 0.1) is 5.92 Å². The Bertz CT molecular complexity index is 1380. The molecule has 2 aromatic carbocycles. The molecule has 2 heterocycles. The van der Waals surface area contributed by atoms with Gasteiger partial charge < -0.3 is 5.32 Å². The molecule has 37 heavy (non-hydrogen) atoms. The highest BCUT2D eigenvalue weighted by atomic mass is 16.2. The highest BCUT2D eigenvalue weighted by molar-refractivity contribution is 6.02. The van der Waals surface area contributed by atoms with E-state index in [-0.39, 0.29) is 24.1 Å². The van der Waals surface area contributed by atoms with Crippen LogP contribution in [-0.2, 0) is 16.1 Å². The highest BCUT2D eigenvalue weighted by Crippen LogP contribution is 2.29. The Morgan fingerprint density at radius 3 is 2.43 bits per heavy atom. The predicted molar refractivity (Wildman–Crippen MR) is 141 cm³/mol. The van der Waals surface area contributed by atoms with Crippen molar-refractivity contribution in [1.29, 1.82) is 0 Å². The van der Waals surface area contributed by atoms with Crippen LogP contribution in [-0.4, -0.2) is 44.1 Å². The number of nitrogens with zero attached hydrogens (tertiary/aromatic N) is 5. The zero-order valence-electron chi connectivity index (χ0n) is 21.2. The number of benzene rings is 2. The van der Waals surface area contributed by atoms with Gasteiger partial charge in [0.2, 0.25) is 11.8 Å². The molecule has 0 spiro atoms. The number of carbonyl (C=O) groups excluding carboxylic acids is 3. The van der Waals surface area contributed by atoms with E-state index in [4.69, 9.17) is 0 Å². The Hall–Kier alpha value is -4.40. The fourth-order valence-electron chi connectivity index (χ4n) is 4.07. The highest BCUT2D eigenvalue weighted by Gasteiger charge is 2.33. The number of para-hydroxylation sites is 1. The van der Waals surface area contributed by atoms with Crippen LogP contribution in [0.15, 0.2) is 73.1 Å². The normalized spacial score (nSPS) is 11.9. The van der Waals surface area contributed by atoms with Gasteiger partial charge >= 0.3 is 0 Å². The summed E-state index contributed by atoms with van der Waals surface area (Å²) >= 11 is 0. The van der Waals surface area contributed by atoms with E-state index in [1.165, 1.54) is 16.5 Å². The standard InChI is InChI=1S/C28H30N6O3/c1-19(2)14-16-30-28(37)27(22-7-6-15-29-17-22)34(23-12-10-21(11-13-23)20(3)35)26(36)18-33-25-9-5-4-8-24(25)31-32-33/h4-13,15,17,19,27H,14,16,18H2,1-3H3,(H,30,37). The summed E-state index contributed by atoms with van der Waals surface area (Å²) in [6.45, 7) is 5.99. The van der Waals surface area contributed by atoms with Crippen LogP contribution in [0.5, 0.6) is 0 Å². The third-order valence-corrected chi connectivity index (χ3v) is 6.05. The van der Waals surface area contributed by atoms with Crippen LogP contribution in [0.3, 0.4) is 0 Å². The number of ketones is 1. The number of carbonyl (C=O) groups is 3. The van der Waals surface area contributed by atoms with Crippen molar-refractivity contribution >= 4 is 34.3 Å². The molecule has 4 aromatic rings. The summed E-state index contributed by atoms with van der Waals surface area (Å²) in [4.78, 5) is 45.1. The van der Waals surface area contributed by atoms with Crippen LogP contribution in [0.1, 0.15) is 49.2 Å². The molecule has 0 radical (unpaired) electrons. The Morgan fingerprint density at radius 1 is 1.00 bits per heavy atom. The first-order chi connectivity index (χ1) is 17.8. The molecule has 0 aliphatic carbocycles. The average molecular weight is 499 g/mol. The zero-order chi connectivity index (χ0) is 26.4. The molecule has 4 rings (SSSR count). The SMILES string of the molecule is CC(=O)c1ccc(N(C(=O)Cn2nnc3ccccc32)C(C(=O)NCCC(C)C)c2cccnc2)cc1. The second kappa shape index (κ2) is 11.6. The summed E-state index contributed by atoms with van der Waals surface area (Å²) in [5, 5.41) is 11.3. The van der Waals surface area contributed by atoms with E-state index in [9.17, 15) is 14.4 Å². The van der Waals surface area contributed by atoms with Crippen LogP contribution in [0.2, 0.25) is 0 Å². The number of fused-ring (bicyclic) bond motifs is 1. The Morgan fingerprint density at radius 2 is 1.76 bits per heavy atom. The number of hydrogen-bond acceptors (Lipinski definition) is 6. The van der Waals surface area contributed by atoms with E-state index < -0.39 is 6.04 Å². The number of anilines is 1. The van der Waals surface area contributed by atoms with Gasteiger partial charge in [-0.15, -0.1) is 5.10 Å². The van der Waals surface area contributed by atoms with Crippen molar-refractivity contribution in [3.8, 4) is 0 Å². The van der Waals surface area contributed by atoms with E-state index >= 15 is 0 Å². The lowest BCUT2D eigenvalue weighted by atomic mass is 10.0. The second-order valence-electron chi connectivity index (χ2n) is 9.27. The number of pyridine rings is 1. The minimum absolute atomic E-state index is 0.0891. The molecule has 0 fully saturated rings. The molecular formula is C28H30N6O3. The minimum atomic E-state index is -0.980. The number of rotatable bonds is 10. The number of Topliss-reactive ketones (excluding diaryl/α,β-unsaturated/α-hetero) is 1. The van der Waals surface area contributed by atoms with Crippen molar-refractivity contribution in [3.05, 3.63) is 84.2 Å². The lowest BCUT2D eigenvalue weighted by Crippen LogP contribution is -2.45. The van der Waals surface area contributed by atoms with Gasteiger partial charge in [-0.2, -0.15) is 0 Å². The minimum Gasteiger partial charge on any atom is -0.354 e. The molecule has 9 heteroatoms. The van der Waals surface area contributed by atoms with Gasteiger partial charge in [0.1, 0.15) is 18.1 Å². The number of aromatic nitrogens is 4. The van der Waals surface area contributed by atoms with E-state index in [0.717, 1.165) is 6.42 Å². The molecule has 1 atom stereocenters. The molecule has 9 nitrogen and oxygen atoms in total. The molecule has 0 bridgehead atoms. The fraction of sp³-hybridized carbons (Fsp3) is 0.286. The summed E-state index contributed by atoms with van der Waals surface area (Å²) < 4.78 is 1.52. The van der Waals surface area contributed by atoms with Gasteiger partial charge in [0.05, 0.1) is 5.52 Å². The first kappa shape index (κ1) is 25.7. The van der Waals surface area contributed by atoms with Gasteiger partial charge in [-0.05, 0) is 61.7 Å².